The fraction of sp³-hybridized carbons (Fsp3) is 0.565. The summed E-state index contributed by atoms with van der Waals surface area (Å²) in [5.74, 6) is 1.60. The summed E-state index contributed by atoms with van der Waals surface area (Å²) in [5.41, 5.74) is 2.80. The number of rotatable bonds is 9. The maximum atomic E-state index is 12.2. The van der Waals surface area contributed by atoms with Crippen LogP contribution in [0.15, 0.2) is 28.8 Å². The van der Waals surface area contributed by atoms with E-state index in [0.717, 1.165) is 34.9 Å². The summed E-state index contributed by atoms with van der Waals surface area (Å²) < 4.78 is 11.0. The van der Waals surface area contributed by atoms with Crippen molar-refractivity contribution in [3.63, 3.8) is 0 Å². The third kappa shape index (κ3) is 6.89. The lowest BCUT2D eigenvalue weighted by atomic mass is 10.1. The molecule has 2 N–H and O–H groups in total. The Morgan fingerprint density at radius 3 is 2.48 bits per heavy atom. The lowest BCUT2D eigenvalue weighted by Gasteiger charge is -2.16. The second kappa shape index (κ2) is 11.0. The molecular weight excluding hydrogens is 366 g/mol. The van der Waals surface area contributed by atoms with Crippen LogP contribution in [0.2, 0.25) is 0 Å². The van der Waals surface area contributed by atoms with Crippen LogP contribution in [0.3, 0.4) is 0 Å². The number of hydrogen-bond acceptors (Lipinski definition) is 5. The summed E-state index contributed by atoms with van der Waals surface area (Å²) in [7, 11) is 0. The molecule has 2 aromatic rings. The molecule has 0 unspecified atom stereocenters. The van der Waals surface area contributed by atoms with Crippen molar-refractivity contribution >= 4 is 5.91 Å². The van der Waals surface area contributed by atoms with E-state index in [4.69, 9.17) is 9.26 Å². The van der Waals surface area contributed by atoms with Gasteiger partial charge in [-0.25, -0.2) is 0 Å². The summed E-state index contributed by atoms with van der Waals surface area (Å²) in [4.78, 5) is 12.2. The van der Waals surface area contributed by atoms with Gasteiger partial charge in [-0.15, -0.1) is 0 Å². The van der Waals surface area contributed by atoms with Crippen LogP contribution in [-0.4, -0.2) is 30.2 Å². The van der Waals surface area contributed by atoms with Gasteiger partial charge in [0.15, 0.2) is 0 Å². The SMILES string of the molecule is Cc1noc(C)c1COc1ccc(CC(=O)NCCNC2CCCCCC2)cc1. The van der Waals surface area contributed by atoms with E-state index >= 15 is 0 Å². The minimum atomic E-state index is 0.0528. The number of nitrogens with zero attached hydrogens (tertiary/aromatic N) is 1. The Kier molecular flexibility index (Phi) is 8.11. The average molecular weight is 400 g/mol. The molecular formula is C23H33N3O3. The molecule has 1 aliphatic rings. The van der Waals surface area contributed by atoms with E-state index in [1.165, 1.54) is 38.5 Å². The molecule has 0 radical (unpaired) electrons. The van der Waals surface area contributed by atoms with E-state index in [9.17, 15) is 4.79 Å². The summed E-state index contributed by atoms with van der Waals surface area (Å²) in [6.45, 7) is 5.73. The molecule has 1 heterocycles. The highest BCUT2D eigenvalue weighted by Crippen LogP contribution is 2.18. The monoisotopic (exact) mass is 399 g/mol. The number of amides is 1. The Labute approximate surface area is 173 Å². The minimum absolute atomic E-state index is 0.0528. The zero-order valence-electron chi connectivity index (χ0n) is 17.6. The van der Waals surface area contributed by atoms with Crippen LogP contribution in [0.1, 0.15) is 61.1 Å². The predicted octanol–water partition coefficient (Wildman–Crippen LogP) is 3.84. The van der Waals surface area contributed by atoms with Gasteiger partial charge in [-0.05, 0) is 44.4 Å². The molecule has 1 aliphatic carbocycles. The van der Waals surface area contributed by atoms with Crippen LogP contribution in [0.5, 0.6) is 5.75 Å². The van der Waals surface area contributed by atoms with Crippen molar-refractivity contribution in [2.24, 2.45) is 0 Å². The first-order chi connectivity index (χ1) is 14.1. The lowest BCUT2D eigenvalue weighted by Crippen LogP contribution is -2.37. The topological polar surface area (TPSA) is 76.4 Å². The standard InChI is InChI=1S/C23H33N3O3/c1-17-22(18(2)29-26-17)16-28-21-11-9-19(10-12-21)15-23(27)25-14-13-24-20-7-5-3-4-6-8-20/h9-12,20,24H,3-8,13-16H2,1-2H3,(H,25,27). The summed E-state index contributed by atoms with van der Waals surface area (Å²) in [6.07, 6.45) is 8.27. The van der Waals surface area contributed by atoms with Crippen molar-refractivity contribution in [1.29, 1.82) is 0 Å². The van der Waals surface area contributed by atoms with E-state index in [1.54, 1.807) is 0 Å². The highest BCUT2D eigenvalue weighted by molar-refractivity contribution is 5.78. The molecule has 0 aliphatic heterocycles. The Balaban J connectivity index is 1.35. The van der Waals surface area contributed by atoms with Crippen LogP contribution in [-0.2, 0) is 17.8 Å². The van der Waals surface area contributed by atoms with Gasteiger partial charge in [-0.1, -0.05) is 43.0 Å². The van der Waals surface area contributed by atoms with Crippen molar-refractivity contribution in [2.45, 2.75) is 71.4 Å². The van der Waals surface area contributed by atoms with Crippen LogP contribution < -0.4 is 15.4 Å². The quantitative estimate of drug-likeness (QED) is 0.495. The first kappa shape index (κ1) is 21.4. The molecule has 1 aromatic heterocycles. The van der Waals surface area contributed by atoms with E-state index < -0.39 is 0 Å². The van der Waals surface area contributed by atoms with Crippen molar-refractivity contribution in [2.75, 3.05) is 13.1 Å². The smallest absolute Gasteiger partial charge is 0.224 e. The van der Waals surface area contributed by atoms with Crippen molar-refractivity contribution in [3.05, 3.63) is 46.8 Å². The number of benzene rings is 1. The number of nitrogens with one attached hydrogen (secondary N) is 2. The highest BCUT2D eigenvalue weighted by Gasteiger charge is 2.12. The van der Waals surface area contributed by atoms with Crippen LogP contribution >= 0.6 is 0 Å². The van der Waals surface area contributed by atoms with E-state index in [2.05, 4.69) is 15.8 Å². The maximum Gasteiger partial charge on any atom is 0.224 e. The van der Waals surface area contributed by atoms with Gasteiger partial charge in [0, 0.05) is 19.1 Å². The van der Waals surface area contributed by atoms with Gasteiger partial charge >= 0.3 is 0 Å². The Bertz CT molecular complexity index is 743. The first-order valence-electron chi connectivity index (χ1n) is 10.8. The molecule has 158 valence electrons. The molecule has 0 saturated heterocycles. The van der Waals surface area contributed by atoms with Gasteiger partial charge in [0.25, 0.3) is 0 Å². The van der Waals surface area contributed by atoms with Gasteiger partial charge in [-0.2, -0.15) is 0 Å². The number of hydrogen-bond donors (Lipinski definition) is 2. The number of ether oxygens (including phenoxy) is 1. The first-order valence-corrected chi connectivity index (χ1v) is 10.8. The van der Waals surface area contributed by atoms with Crippen molar-refractivity contribution < 1.29 is 14.1 Å². The number of aromatic nitrogens is 1. The third-order valence-electron chi connectivity index (χ3n) is 5.59. The van der Waals surface area contributed by atoms with Gasteiger partial charge in [-0.3, -0.25) is 4.79 Å². The Morgan fingerprint density at radius 1 is 1.10 bits per heavy atom. The fourth-order valence-electron chi connectivity index (χ4n) is 3.78. The highest BCUT2D eigenvalue weighted by atomic mass is 16.5. The molecule has 6 nitrogen and oxygen atoms in total. The van der Waals surface area contributed by atoms with E-state index in [0.29, 0.717) is 25.6 Å². The summed E-state index contributed by atoms with van der Waals surface area (Å²) in [5, 5.41) is 10.5. The zero-order valence-corrected chi connectivity index (χ0v) is 17.6. The van der Waals surface area contributed by atoms with Gasteiger partial charge in [0.05, 0.1) is 17.7 Å². The fourth-order valence-corrected chi connectivity index (χ4v) is 3.78. The largest absolute Gasteiger partial charge is 0.489 e. The molecule has 0 atom stereocenters. The molecule has 1 fully saturated rings. The van der Waals surface area contributed by atoms with Gasteiger partial charge < -0.3 is 19.9 Å². The van der Waals surface area contributed by atoms with Crippen molar-refractivity contribution in [1.82, 2.24) is 15.8 Å². The number of carbonyl (C=O) groups excluding carboxylic acids is 1. The Hall–Kier alpha value is -2.34. The van der Waals surface area contributed by atoms with Crippen LogP contribution in [0.25, 0.3) is 0 Å². The summed E-state index contributed by atoms with van der Waals surface area (Å²) >= 11 is 0. The van der Waals surface area contributed by atoms with E-state index in [1.807, 2.05) is 38.1 Å². The normalized spacial score (nSPS) is 15.1. The lowest BCUT2D eigenvalue weighted by molar-refractivity contribution is -0.120. The second-order valence-electron chi connectivity index (χ2n) is 7.90. The van der Waals surface area contributed by atoms with E-state index in [-0.39, 0.29) is 5.91 Å². The van der Waals surface area contributed by atoms with Crippen LogP contribution in [0, 0.1) is 13.8 Å². The minimum Gasteiger partial charge on any atom is -0.489 e. The zero-order chi connectivity index (χ0) is 20.5. The van der Waals surface area contributed by atoms with Crippen LogP contribution in [0.4, 0.5) is 0 Å². The molecule has 1 amide bonds. The number of carbonyl (C=O) groups is 1. The molecule has 0 bridgehead atoms. The molecule has 1 saturated carbocycles. The third-order valence-corrected chi connectivity index (χ3v) is 5.59. The molecule has 29 heavy (non-hydrogen) atoms. The second-order valence-corrected chi connectivity index (χ2v) is 7.90. The van der Waals surface area contributed by atoms with Gasteiger partial charge in [0.2, 0.25) is 5.91 Å². The molecule has 0 spiro atoms. The maximum absolute atomic E-state index is 12.2. The van der Waals surface area contributed by atoms with Crippen molar-refractivity contribution in [3.8, 4) is 5.75 Å². The average Bonchev–Trinajstić information content (AvgIpc) is 2.90. The number of aryl methyl sites for hydroxylation is 2. The van der Waals surface area contributed by atoms with Gasteiger partial charge in [0.1, 0.15) is 18.1 Å². The summed E-state index contributed by atoms with van der Waals surface area (Å²) in [6, 6.07) is 8.29. The molecule has 1 aromatic carbocycles. The Morgan fingerprint density at radius 2 is 1.83 bits per heavy atom. The predicted molar refractivity (Wildman–Crippen MR) is 113 cm³/mol. The molecule has 3 rings (SSSR count). The molecule has 6 heteroatoms.